The van der Waals surface area contributed by atoms with E-state index in [1.54, 1.807) is 11.8 Å². The van der Waals surface area contributed by atoms with Crippen LogP contribution in [-0.2, 0) is 0 Å². The van der Waals surface area contributed by atoms with Crippen molar-refractivity contribution in [2.45, 2.75) is 18.2 Å². The van der Waals surface area contributed by atoms with Crippen LogP contribution in [0.15, 0.2) is 18.3 Å². The lowest BCUT2D eigenvalue weighted by atomic mass is 10.2. The molecule has 1 rings (SSSR count). The van der Waals surface area contributed by atoms with Gasteiger partial charge in [0.25, 0.3) is 0 Å². The van der Waals surface area contributed by atoms with Crippen molar-refractivity contribution in [2.24, 2.45) is 0 Å². The summed E-state index contributed by atoms with van der Waals surface area (Å²) in [6.45, 7) is 1.99. The second kappa shape index (κ2) is 6.46. The predicted molar refractivity (Wildman–Crippen MR) is 68.7 cm³/mol. The summed E-state index contributed by atoms with van der Waals surface area (Å²) < 4.78 is 0. The molecule has 3 N–H and O–H groups in total. The van der Waals surface area contributed by atoms with Crippen molar-refractivity contribution in [3.05, 3.63) is 23.9 Å². The minimum absolute atomic E-state index is 0.00606. The van der Waals surface area contributed by atoms with Crippen LogP contribution < -0.4 is 5.32 Å². The minimum atomic E-state index is -0.980. The zero-order chi connectivity index (χ0) is 12.8. The molecule has 2 atom stereocenters. The van der Waals surface area contributed by atoms with E-state index in [0.717, 1.165) is 0 Å². The first-order chi connectivity index (χ1) is 8.08. The number of carboxylic acids is 1. The van der Waals surface area contributed by atoms with Crippen LogP contribution in [0.3, 0.4) is 0 Å². The van der Waals surface area contributed by atoms with Crippen LogP contribution in [-0.4, -0.2) is 45.3 Å². The van der Waals surface area contributed by atoms with E-state index in [4.69, 9.17) is 10.2 Å². The molecule has 0 spiro atoms. The third-order valence-corrected chi connectivity index (χ3v) is 3.59. The third-order valence-electron chi connectivity index (χ3n) is 2.42. The van der Waals surface area contributed by atoms with Gasteiger partial charge in [0.2, 0.25) is 0 Å². The molecule has 5 nitrogen and oxygen atoms in total. The van der Waals surface area contributed by atoms with E-state index >= 15 is 0 Å². The van der Waals surface area contributed by atoms with Crippen LogP contribution in [0.2, 0.25) is 0 Å². The van der Waals surface area contributed by atoms with Gasteiger partial charge >= 0.3 is 5.97 Å². The van der Waals surface area contributed by atoms with Crippen LogP contribution in [0.5, 0.6) is 0 Å². The molecule has 0 aromatic carbocycles. The molecule has 1 heterocycles. The fourth-order valence-electron chi connectivity index (χ4n) is 1.41. The Labute approximate surface area is 104 Å². The third kappa shape index (κ3) is 3.90. The molecule has 0 saturated heterocycles. The Morgan fingerprint density at radius 1 is 1.65 bits per heavy atom. The van der Waals surface area contributed by atoms with E-state index in [1.165, 1.54) is 18.3 Å². The summed E-state index contributed by atoms with van der Waals surface area (Å²) >= 11 is 1.55. The second-order valence-corrected chi connectivity index (χ2v) is 4.70. The first kappa shape index (κ1) is 13.8. The molecule has 94 valence electrons. The zero-order valence-electron chi connectivity index (χ0n) is 9.75. The molecule has 0 aliphatic heterocycles. The van der Waals surface area contributed by atoms with Crippen LogP contribution in [0.1, 0.15) is 17.3 Å². The van der Waals surface area contributed by atoms with Crippen LogP contribution in [0.25, 0.3) is 0 Å². The number of hydrogen-bond donors (Lipinski definition) is 3. The molecule has 17 heavy (non-hydrogen) atoms. The van der Waals surface area contributed by atoms with Gasteiger partial charge in [0.05, 0.1) is 12.2 Å². The zero-order valence-corrected chi connectivity index (χ0v) is 10.6. The van der Waals surface area contributed by atoms with Crippen molar-refractivity contribution in [1.29, 1.82) is 0 Å². The molecule has 0 radical (unpaired) electrons. The van der Waals surface area contributed by atoms with E-state index < -0.39 is 5.97 Å². The Hall–Kier alpha value is -1.27. The summed E-state index contributed by atoms with van der Waals surface area (Å²) in [5.74, 6) is -0.475. The summed E-state index contributed by atoms with van der Waals surface area (Å²) in [7, 11) is 0. The van der Waals surface area contributed by atoms with Gasteiger partial charge in [0.1, 0.15) is 5.82 Å². The highest BCUT2D eigenvalue weighted by Gasteiger charge is 2.15. The summed E-state index contributed by atoms with van der Waals surface area (Å²) in [5, 5.41) is 21.1. The number of nitrogens with zero attached hydrogens (tertiary/aromatic N) is 1. The number of aromatic nitrogens is 1. The van der Waals surface area contributed by atoms with Crippen LogP contribution >= 0.6 is 11.8 Å². The van der Waals surface area contributed by atoms with E-state index in [-0.39, 0.29) is 23.5 Å². The lowest BCUT2D eigenvalue weighted by molar-refractivity contribution is 0.0697. The van der Waals surface area contributed by atoms with E-state index in [2.05, 4.69) is 10.3 Å². The number of carboxylic acid groups (broad SMARTS) is 1. The lowest BCUT2D eigenvalue weighted by Crippen LogP contribution is -2.31. The number of thioether (sulfide) groups is 1. The topological polar surface area (TPSA) is 82.5 Å². The predicted octanol–water partition coefficient (Wildman–Crippen LogP) is 1.30. The Morgan fingerprint density at radius 2 is 2.35 bits per heavy atom. The van der Waals surface area contributed by atoms with Gasteiger partial charge in [-0.1, -0.05) is 0 Å². The Bertz CT molecular complexity index is 383. The number of rotatable bonds is 6. The first-order valence-electron chi connectivity index (χ1n) is 5.18. The van der Waals surface area contributed by atoms with Crippen molar-refractivity contribution < 1.29 is 15.0 Å². The molecule has 0 aliphatic rings. The Balaban J connectivity index is 2.74. The minimum Gasteiger partial charge on any atom is -0.478 e. The standard InChI is InChI=1S/C11H16N2O3S/c1-7(9(6-14)17-2)13-10-5-8(11(15)16)3-4-12-10/h3-5,7,9,14H,6H2,1-2H3,(H,12,13)(H,15,16). The van der Waals surface area contributed by atoms with Crippen molar-refractivity contribution in [3.8, 4) is 0 Å². The number of carbonyl (C=O) groups is 1. The smallest absolute Gasteiger partial charge is 0.335 e. The largest absolute Gasteiger partial charge is 0.478 e. The van der Waals surface area contributed by atoms with Gasteiger partial charge in [-0.2, -0.15) is 11.8 Å². The van der Waals surface area contributed by atoms with Gasteiger partial charge in [-0.05, 0) is 25.3 Å². The molecule has 0 saturated carbocycles. The number of hydrogen-bond acceptors (Lipinski definition) is 5. The number of pyridine rings is 1. The quantitative estimate of drug-likeness (QED) is 0.711. The van der Waals surface area contributed by atoms with E-state index in [0.29, 0.717) is 5.82 Å². The van der Waals surface area contributed by atoms with Crippen LogP contribution in [0.4, 0.5) is 5.82 Å². The van der Waals surface area contributed by atoms with Gasteiger partial charge in [0, 0.05) is 17.5 Å². The highest BCUT2D eigenvalue weighted by molar-refractivity contribution is 7.99. The number of anilines is 1. The number of nitrogens with one attached hydrogen (secondary N) is 1. The lowest BCUT2D eigenvalue weighted by Gasteiger charge is -2.21. The number of aliphatic hydroxyl groups is 1. The average molecular weight is 256 g/mol. The van der Waals surface area contributed by atoms with E-state index in [1.807, 2.05) is 13.2 Å². The average Bonchev–Trinajstić information content (AvgIpc) is 2.30. The number of aromatic carboxylic acids is 1. The van der Waals surface area contributed by atoms with Crippen LogP contribution in [0, 0.1) is 0 Å². The normalized spacial score (nSPS) is 14.1. The number of aliphatic hydroxyl groups excluding tert-OH is 1. The maximum atomic E-state index is 10.8. The Morgan fingerprint density at radius 3 is 2.88 bits per heavy atom. The summed E-state index contributed by atoms with van der Waals surface area (Å²) in [6, 6.07) is 2.93. The van der Waals surface area contributed by atoms with E-state index in [9.17, 15) is 4.79 Å². The highest BCUT2D eigenvalue weighted by Crippen LogP contribution is 2.15. The SMILES string of the molecule is CSC(CO)C(C)Nc1cc(C(=O)O)ccn1. The molecule has 0 aliphatic carbocycles. The molecule has 1 aromatic heterocycles. The molecular formula is C11H16N2O3S. The van der Waals surface area contributed by atoms with Gasteiger partial charge in [0.15, 0.2) is 0 Å². The van der Waals surface area contributed by atoms with Crippen molar-refractivity contribution in [3.63, 3.8) is 0 Å². The highest BCUT2D eigenvalue weighted by atomic mass is 32.2. The second-order valence-electron chi connectivity index (χ2n) is 3.62. The molecule has 1 aromatic rings. The maximum Gasteiger partial charge on any atom is 0.335 e. The monoisotopic (exact) mass is 256 g/mol. The molecule has 2 unspecified atom stereocenters. The molecule has 0 amide bonds. The van der Waals surface area contributed by atoms with Crippen molar-refractivity contribution in [1.82, 2.24) is 4.98 Å². The van der Waals surface area contributed by atoms with Crippen molar-refractivity contribution in [2.75, 3.05) is 18.2 Å². The molecule has 0 fully saturated rings. The molecular weight excluding hydrogens is 240 g/mol. The first-order valence-corrected chi connectivity index (χ1v) is 6.46. The summed E-state index contributed by atoms with van der Waals surface area (Å²) in [6.07, 6.45) is 3.37. The molecule has 6 heteroatoms. The Kier molecular flexibility index (Phi) is 5.24. The van der Waals surface area contributed by atoms with Gasteiger partial charge in [-0.3, -0.25) is 0 Å². The fourth-order valence-corrected chi connectivity index (χ4v) is 2.03. The molecule has 0 bridgehead atoms. The maximum absolute atomic E-state index is 10.8. The van der Waals surface area contributed by atoms with Gasteiger partial charge in [-0.15, -0.1) is 0 Å². The van der Waals surface area contributed by atoms with Crippen molar-refractivity contribution >= 4 is 23.5 Å². The fraction of sp³-hybridized carbons (Fsp3) is 0.455. The summed E-state index contributed by atoms with van der Waals surface area (Å²) in [4.78, 5) is 14.8. The van der Waals surface area contributed by atoms with Gasteiger partial charge < -0.3 is 15.5 Å². The van der Waals surface area contributed by atoms with Gasteiger partial charge in [-0.25, -0.2) is 9.78 Å². The summed E-state index contributed by atoms with van der Waals surface area (Å²) in [5.41, 5.74) is 0.194.